The van der Waals surface area contributed by atoms with E-state index in [-0.39, 0.29) is 18.9 Å². The lowest BCUT2D eigenvalue weighted by Crippen LogP contribution is -2.37. The number of aryl methyl sites for hydroxylation is 1. The molecule has 0 fully saturated rings. The average Bonchev–Trinajstić information content (AvgIpc) is 2.88. The van der Waals surface area contributed by atoms with Gasteiger partial charge in [0.25, 0.3) is 5.91 Å². The van der Waals surface area contributed by atoms with Gasteiger partial charge < -0.3 is 20.1 Å². The van der Waals surface area contributed by atoms with Crippen LogP contribution in [-0.4, -0.2) is 37.7 Å². The van der Waals surface area contributed by atoms with Crippen molar-refractivity contribution < 1.29 is 28.2 Å². The highest BCUT2D eigenvalue weighted by Gasteiger charge is 2.15. The van der Waals surface area contributed by atoms with E-state index in [1.54, 1.807) is 12.1 Å². The smallest absolute Gasteiger partial charge is 0.329 e. The number of hydrazone groups is 1. The second kappa shape index (κ2) is 13.2. The monoisotopic (exact) mass is 570 g/mol. The van der Waals surface area contributed by atoms with Gasteiger partial charge >= 0.3 is 11.8 Å². The van der Waals surface area contributed by atoms with Gasteiger partial charge in [0.2, 0.25) is 0 Å². The molecule has 0 radical (unpaired) electrons. The average molecular weight is 571 g/mol. The molecule has 192 valence electrons. The fourth-order valence-electron chi connectivity index (χ4n) is 3.01. The van der Waals surface area contributed by atoms with Crippen LogP contribution >= 0.6 is 15.9 Å². The van der Waals surface area contributed by atoms with Crippen LogP contribution in [0.4, 0.5) is 10.1 Å². The Morgan fingerprint density at radius 1 is 1.03 bits per heavy atom. The van der Waals surface area contributed by atoms with Crippen LogP contribution in [0.5, 0.6) is 11.5 Å². The second-order valence-corrected chi connectivity index (χ2v) is 8.60. The summed E-state index contributed by atoms with van der Waals surface area (Å²) in [4.78, 5) is 36.2. The van der Waals surface area contributed by atoms with Gasteiger partial charge in [-0.15, -0.1) is 0 Å². The molecule has 0 saturated heterocycles. The van der Waals surface area contributed by atoms with Crippen LogP contribution < -0.4 is 25.5 Å². The number of hydrogen-bond acceptors (Lipinski definition) is 6. The van der Waals surface area contributed by atoms with Gasteiger partial charge in [0.05, 0.1) is 17.8 Å². The fraction of sp³-hybridized carbons (Fsp3) is 0.154. The van der Waals surface area contributed by atoms with Crippen molar-refractivity contribution in [2.75, 3.05) is 19.0 Å². The molecule has 3 aromatic carbocycles. The molecule has 0 unspecified atom stereocenters. The molecule has 0 aliphatic heterocycles. The van der Waals surface area contributed by atoms with Gasteiger partial charge in [-0.2, -0.15) is 5.10 Å². The van der Waals surface area contributed by atoms with Gasteiger partial charge in [0.1, 0.15) is 5.82 Å². The van der Waals surface area contributed by atoms with Crippen molar-refractivity contribution in [1.82, 2.24) is 10.7 Å². The molecule has 0 aromatic heterocycles. The molecule has 0 aliphatic carbocycles. The van der Waals surface area contributed by atoms with E-state index in [2.05, 4.69) is 37.1 Å². The van der Waals surface area contributed by atoms with Gasteiger partial charge in [-0.25, -0.2) is 9.82 Å². The predicted molar refractivity (Wildman–Crippen MR) is 140 cm³/mol. The van der Waals surface area contributed by atoms with Crippen LogP contribution in [0.3, 0.4) is 0 Å². The number of amides is 3. The summed E-state index contributed by atoms with van der Waals surface area (Å²) in [5.41, 5.74) is 5.08. The summed E-state index contributed by atoms with van der Waals surface area (Å²) in [5.74, 6) is -2.02. The van der Waals surface area contributed by atoms with Gasteiger partial charge in [-0.05, 0) is 70.4 Å². The number of carbonyl (C=O) groups is 3. The Hall–Kier alpha value is -4.25. The first-order valence-corrected chi connectivity index (χ1v) is 11.8. The van der Waals surface area contributed by atoms with E-state index in [0.29, 0.717) is 21.5 Å². The highest BCUT2D eigenvalue weighted by atomic mass is 79.9. The minimum atomic E-state index is -0.915. The van der Waals surface area contributed by atoms with Crippen LogP contribution in [0, 0.1) is 12.7 Å². The van der Waals surface area contributed by atoms with Crippen molar-refractivity contribution in [1.29, 1.82) is 0 Å². The molecule has 0 aliphatic rings. The number of rotatable bonds is 9. The van der Waals surface area contributed by atoms with E-state index in [1.807, 2.05) is 31.2 Å². The predicted octanol–water partition coefficient (Wildman–Crippen LogP) is 3.69. The third-order valence-electron chi connectivity index (χ3n) is 4.89. The number of anilines is 1. The molecule has 3 N–H and O–H groups in total. The molecule has 3 amide bonds. The first-order chi connectivity index (χ1) is 17.7. The van der Waals surface area contributed by atoms with E-state index in [9.17, 15) is 18.8 Å². The molecule has 0 saturated carbocycles. The summed E-state index contributed by atoms with van der Waals surface area (Å²) in [5, 5.41) is 8.93. The Bertz CT molecular complexity index is 1300. The van der Waals surface area contributed by atoms with Crippen LogP contribution in [-0.2, 0) is 20.9 Å². The zero-order valence-electron chi connectivity index (χ0n) is 20.0. The molecule has 11 heteroatoms. The maximum absolute atomic E-state index is 13.0. The quantitative estimate of drug-likeness (QED) is 0.206. The largest absolute Gasteiger partial charge is 0.493 e. The molecular formula is C26H24BrFN4O5. The zero-order chi connectivity index (χ0) is 26.8. The van der Waals surface area contributed by atoms with E-state index >= 15 is 0 Å². The summed E-state index contributed by atoms with van der Waals surface area (Å²) in [6.45, 7) is 1.84. The van der Waals surface area contributed by atoms with Crippen molar-refractivity contribution in [2.24, 2.45) is 5.10 Å². The van der Waals surface area contributed by atoms with Gasteiger partial charge in [-0.1, -0.05) is 29.8 Å². The highest BCUT2D eigenvalue weighted by molar-refractivity contribution is 9.10. The van der Waals surface area contributed by atoms with Crippen LogP contribution in [0.25, 0.3) is 0 Å². The molecule has 37 heavy (non-hydrogen) atoms. The lowest BCUT2D eigenvalue weighted by Gasteiger charge is -2.13. The van der Waals surface area contributed by atoms with E-state index < -0.39 is 23.5 Å². The number of nitrogens with zero attached hydrogens (tertiary/aromatic N) is 1. The topological polar surface area (TPSA) is 118 Å². The standard InChI is InChI=1S/C26H24BrFN4O5/c1-16-3-5-17(6-4-16)13-29-25(34)26(35)32-30-14-18-11-21(27)24(22(12-18)36-2)37-15-23(33)31-20-9-7-19(28)8-10-20/h3-12,14H,13,15H2,1-2H3,(H,29,34)(H,31,33)(H,32,35)/b30-14-. The second-order valence-electron chi connectivity index (χ2n) is 7.75. The Labute approximate surface area is 221 Å². The molecule has 0 spiro atoms. The van der Waals surface area contributed by atoms with E-state index in [0.717, 1.165) is 11.1 Å². The Morgan fingerprint density at radius 3 is 2.41 bits per heavy atom. The Kier molecular flexibility index (Phi) is 9.73. The van der Waals surface area contributed by atoms with Gasteiger partial charge in [0.15, 0.2) is 18.1 Å². The maximum atomic E-state index is 13.0. The molecule has 0 heterocycles. The first-order valence-electron chi connectivity index (χ1n) is 11.0. The number of ether oxygens (including phenoxy) is 2. The molecular weight excluding hydrogens is 547 g/mol. The Morgan fingerprint density at radius 2 is 1.73 bits per heavy atom. The summed E-state index contributed by atoms with van der Waals surface area (Å²) in [6.07, 6.45) is 1.32. The highest BCUT2D eigenvalue weighted by Crippen LogP contribution is 2.36. The Balaban J connectivity index is 1.53. The van der Waals surface area contributed by atoms with E-state index in [4.69, 9.17) is 9.47 Å². The first kappa shape index (κ1) is 27.3. The SMILES string of the molecule is COc1cc(/C=N\NC(=O)C(=O)NCc2ccc(C)cc2)cc(Br)c1OCC(=O)Nc1ccc(F)cc1. The summed E-state index contributed by atoms with van der Waals surface area (Å²) in [6, 6.07) is 16.1. The summed E-state index contributed by atoms with van der Waals surface area (Å²) in [7, 11) is 1.42. The van der Waals surface area contributed by atoms with Crippen LogP contribution in [0.2, 0.25) is 0 Å². The molecule has 3 aromatic rings. The molecule has 0 bridgehead atoms. The van der Waals surface area contributed by atoms with Crippen molar-refractivity contribution in [3.05, 3.63) is 87.6 Å². The van der Waals surface area contributed by atoms with E-state index in [1.165, 1.54) is 37.6 Å². The number of halogens is 2. The normalized spacial score (nSPS) is 10.6. The third-order valence-corrected chi connectivity index (χ3v) is 5.48. The van der Waals surface area contributed by atoms with Crippen molar-refractivity contribution >= 4 is 45.6 Å². The van der Waals surface area contributed by atoms with Crippen LogP contribution in [0.15, 0.2) is 70.2 Å². The number of carbonyl (C=O) groups excluding carboxylic acids is 3. The van der Waals surface area contributed by atoms with Crippen LogP contribution in [0.1, 0.15) is 16.7 Å². The van der Waals surface area contributed by atoms with Gasteiger partial charge in [-0.3, -0.25) is 14.4 Å². The van der Waals surface area contributed by atoms with Gasteiger partial charge in [0, 0.05) is 12.2 Å². The van der Waals surface area contributed by atoms with Crippen molar-refractivity contribution in [3.63, 3.8) is 0 Å². The minimum absolute atomic E-state index is 0.212. The number of methoxy groups -OCH3 is 1. The molecule has 0 atom stereocenters. The minimum Gasteiger partial charge on any atom is -0.493 e. The lowest BCUT2D eigenvalue weighted by molar-refractivity contribution is -0.139. The van der Waals surface area contributed by atoms with Crippen molar-refractivity contribution in [2.45, 2.75) is 13.5 Å². The maximum Gasteiger partial charge on any atom is 0.329 e. The zero-order valence-corrected chi connectivity index (χ0v) is 21.6. The molecule has 9 nitrogen and oxygen atoms in total. The lowest BCUT2D eigenvalue weighted by atomic mass is 10.1. The summed E-state index contributed by atoms with van der Waals surface area (Å²) < 4.78 is 24.4. The van der Waals surface area contributed by atoms with Crippen molar-refractivity contribution in [3.8, 4) is 11.5 Å². The summed E-state index contributed by atoms with van der Waals surface area (Å²) >= 11 is 3.36. The third kappa shape index (κ3) is 8.43. The number of hydrogen-bond donors (Lipinski definition) is 3. The fourth-order valence-corrected chi connectivity index (χ4v) is 3.58. The number of nitrogens with one attached hydrogen (secondary N) is 3. The molecule has 3 rings (SSSR count). The number of benzene rings is 3.